The van der Waals surface area contributed by atoms with Gasteiger partial charge in [0.2, 0.25) is 11.1 Å². The first kappa shape index (κ1) is 20.5. The third-order valence-corrected chi connectivity index (χ3v) is 6.94. The number of tetrazole rings is 1. The number of benzene rings is 1. The number of fused-ring (bicyclic) bond motifs is 1. The van der Waals surface area contributed by atoms with Crippen molar-refractivity contribution >= 4 is 40.0 Å². The molecule has 0 fully saturated rings. The topological polar surface area (TPSA) is 99.0 Å². The van der Waals surface area contributed by atoms with Crippen molar-refractivity contribution in [3.05, 3.63) is 46.3 Å². The van der Waals surface area contributed by atoms with Gasteiger partial charge in [0.25, 0.3) is 0 Å². The summed E-state index contributed by atoms with van der Waals surface area (Å²) >= 11 is 2.90. The van der Waals surface area contributed by atoms with Crippen molar-refractivity contribution in [1.29, 1.82) is 0 Å². The smallest absolute Gasteiger partial charge is 0.341 e. The van der Waals surface area contributed by atoms with Crippen molar-refractivity contribution in [1.82, 2.24) is 20.2 Å². The number of hydrogen-bond acceptors (Lipinski definition) is 8. The highest BCUT2D eigenvalue weighted by molar-refractivity contribution is 7.99. The Morgan fingerprint density at radius 3 is 2.83 bits per heavy atom. The molecule has 2 heterocycles. The lowest BCUT2D eigenvalue weighted by Crippen LogP contribution is -2.15. The summed E-state index contributed by atoms with van der Waals surface area (Å²) in [4.78, 5) is 26.0. The fraction of sp³-hybridized carbons (Fsp3) is 0.350. The van der Waals surface area contributed by atoms with Crippen LogP contribution in [0.1, 0.15) is 40.1 Å². The molecule has 30 heavy (non-hydrogen) atoms. The molecule has 8 nitrogen and oxygen atoms in total. The number of aromatic nitrogens is 4. The van der Waals surface area contributed by atoms with E-state index < -0.39 is 0 Å². The number of nitrogens with zero attached hydrogens (tertiary/aromatic N) is 4. The maximum absolute atomic E-state index is 12.5. The standard InChI is InChI=1S/C20H21N5O3S2/c1-28-19(27)17-14-9-5-6-10-15(14)30-18(17)21-16(26)11-12-29-20-22-23-24-25(20)13-7-3-2-4-8-13/h2-4,7-8H,5-6,9-12H2,1H3,(H,21,26). The van der Waals surface area contributed by atoms with Gasteiger partial charge >= 0.3 is 5.97 Å². The van der Waals surface area contributed by atoms with E-state index in [1.54, 1.807) is 4.68 Å². The maximum Gasteiger partial charge on any atom is 0.341 e. The molecular weight excluding hydrogens is 422 g/mol. The van der Waals surface area contributed by atoms with Crippen LogP contribution in [0.5, 0.6) is 0 Å². The second-order valence-electron chi connectivity index (χ2n) is 6.76. The molecule has 0 spiro atoms. The van der Waals surface area contributed by atoms with E-state index in [1.807, 2.05) is 30.3 Å². The normalized spacial score (nSPS) is 13.0. The number of para-hydroxylation sites is 1. The fourth-order valence-electron chi connectivity index (χ4n) is 3.40. The highest BCUT2D eigenvalue weighted by Gasteiger charge is 2.26. The van der Waals surface area contributed by atoms with E-state index in [0.29, 0.717) is 21.5 Å². The van der Waals surface area contributed by atoms with Crippen LogP contribution < -0.4 is 5.32 Å². The summed E-state index contributed by atoms with van der Waals surface area (Å²) in [7, 11) is 1.37. The Kier molecular flexibility index (Phi) is 6.44. The first-order valence-corrected chi connectivity index (χ1v) is 11.5. The molecule has 4 rings (SSSR count). The van der Waals surface area contributed by atoms with Crippen molar-refractivity contribution in [3.63, 3.8) is 0 Å². The number of amides is 1. The van der Waals surface area contributed by atoms with Crippen LogP contribution in [0.25, 0.3) is 5.69 Å². The van der Waals surface area contributed by atoms with Gasteiger partial charge in [0.1, 0.15) is 5.00 Å². The van der Waals surface area contributed by atoms with Gasteiger partial charge in [0.05, 0.1) is 18.4 Å². The van der Waals surface area contributed by atoms with Gasteiger partial charge in [-0.1, -0.05) is 30.0 Å². The van der Waals surface area contributed by atoms with Crippen LogP contribution in [0.3, 0.4) is 0 Å². The molecule has 0 saturated carbocycles. The first-order chi connectivity index (χ1) is 14.7. The van der Waals surface area contributed by atoms with Gasteiger partial charge in [-0.15, -0.1) is 16.4 Å². The van der Waals surface area contributed by atoms with Crippen LogP contribution in [-0.4, -0.2) is 44.9 Å². The number of rotatable bonds is 7. The van der Waals surface area contributed by atoms with Crippen molar-refractivity contribution in [2.45, 2.75) is 37.3 Å². The van der Waals surface area contributed by atoms with Gasteiger partial charge in [-0.05, 0) is 53.8 Å². The first-order valence-electron chi connectivity index (χ1n) is 9.66. The Hall–Kier alpha value is -2.72. The molecule has 0 unspecified atom stereocenters. The lowest BCUT2D eigenvalue weighted by Gasteiger charge is -2.11. The van der Waals surface area contributed by atoms with Crippen LogP contribution in [0.2, 0.25) is 0 Å². The van der Waals surface area contributed by atoms with Gasteiger partial charge in [-0.2, -0.15) is 4.68 Å². The third-order valence-electron chi connectivity index (χ3n) is 4.82. The number of methoxy groups -OCH3 is 1. The van der Waals surface area contributed by atoms with Gasteiger partial charge in [0, 0.05) is 17.1 Å². The molecule has 1 amide bonds. The number of thioether (sulfide) groups is 1. The van der Waals surface area contributed by atoms with Gasteiger partial charge < -0.3 is 10.1 Å². The lowest BCUT2D eigenvalue weighted by molar-refractivity contribution is -0.115. The van der Waals surface area contributed by atoms with E-state index in [0.717, 1.165) is 36.9 Å². The summed E-state index contributed by atoms with van der Waals surface area (Å²) in [6.45, 7) is 0. The summed E-state index contributed by atoms with van der Waals surface area (Å²) in [5.74, 6) is -0.0244. The van der Waals surface area contributed by atoms with E-state index in [-0.39, 0.29) is 18.3 Å². The highest BCUT2D eigenvalue weighted by atomic mass is 32.2. The minimum Gasteiger partial charge on any atom is -0.465 e. The van der Waals surface area contributed by atoms with Crippen LogP contribution in [0.15, 0.2) is 35.5 Å². The Balaban J connectivity index is 1.39. The summed E-state index contributed by atoms with van der Waals surface area (Å²) in [6, 6.07) is 9.59. The molecule has 0 atom stereocenters. The van der Waals surface area contributed by atoms with Gasteiger partial charge in [0.15, 0.2) is 0 Å². The molecule has 1 aliphatic rings. The molecule has 3 aromatic rings. The maximum atomic E-state index is 12.5. The zero-order valence-corrected chi connectivity index (χ0v) is 18.1. The van der Waals surface area contributed by atoms with Crippen molar-refractivity contribution in [3.8, 4) is 5.69 Å². The average molecular weight is 444 g/mol. The Bertz CT molecular complexity index is 1050. The van der Waals surface area contributed by atoms with Gasteiger partial charge in [-0.3, -0.25) is 4.79 Å². The monoisotopic (exact) mass is 443 g/mol. The number of esters is 1. The molecule has 10 heteroatoms. The summed E-state index contributed by atoms with van der Waals surface area (Å²) < 4.78 is 6.60. The largest absolute Gasteiger partial charge is 0.465 e. The molecule has 2 aromatic heterocycles. The lowest BCUT2D eigenvalue weighted by atomic mass is 9.95. The molecule has 0 radical (unpaired) electrons. The average Bonchev–Trinajstić information content (AvgIpc) is 3.38. The minimum atomic E-state index is -0.388. The quantitative estimate of drug-likeness (QED) is 0.441. The van der Waals surface area contributed by atoms with E-state index in [4.69, 9.17) is 4.74 Å². The van der Waals surface area contributed by atoms with Gasteiger partial charge in [-0.25, -0.2) is 4.79 Å². The predicted octanol–water partition coefficient (Wildman–Crippen LogP) is 3.51. The fourth-order valence-corrected chi connectivity index (χ4v) is 5.52. The summed E-state index contributed by atoms with van der Waals surface area (Å²) in [5.41, 5.74) is 2.41. The predicted molar refractivity (Wildman–Crippen MR) is 115 cm³/mol. The van der Waals surface area contributed by atoms with E-state index in [1.165, 1.54) is 35.1 Å². The number of thiophene rings is 1. The molecule has 0 saturated heterocycles. The molecule has 156 valence electrons. The Morgan fingerprint density at radius 1 is 1.23 bits per heavy atom. The number of ether oxygens (including phenoxy) is 1. The number of anilines is 1. The van der Waals surface area contributed by atoms with Crippen LogP contribution >= 0.6 is 23.1 Å². The summed E-state index contributed by atoms with van der Waals surface area (Å²) in [5, 5.41) is 15.9. The molecule has 1 aromatic carbocycles. The van der Waals surface area contributed by atoms with Crippen LogP contribution in [0, 0.1) is 0 Å². The SMILES string of the molecule is COC(=O)c1c(NC(=O)CCSc2nnnn2-c2ccccc2)sc2c1CCCC2. The molecule has 0 aliphatic heterocycles. The van der Waals surface area contributed by atoms with E-state index in [9.17, 15) is 9.59 Å². The van der Waals surface area contributed by atoms with Crippen molar-refractivity contribution in [2.24, 2.45) is 0 Å². The van der Waals surface area contributed by atoms with E-state index >= 15 is 0 Å². The number of hydrogen-bond donors (Lipinski definition) is 1. The number of aryl methyl sites for hydroxylation is 1. The number of nitrogens with one attached hydrogen (secondary N) is 1. The Labute approximate surface area is 182 Å². The summed E-state index contributed by atoms with van der Waals surface area (Å²) in [6.07, 6.45) is 4.22. The van der Waals surface area contributed by atoms with Crippen molar-refractivity contribution in [2.75, 3.05) is 18.2 Å². The van der Waals surface area contributed by atoms with Crippen molar-refractivity contribution < 1.29 is 14.3 Å². The third kappa shape index (κ3) is 4.39. The molecule has 0 bridgehead atoms. The molecule has 1 aliphatic carbocycles. The van der Waals surface area contributed by atoms with Crippen LogP contribution in [-0.2, 0) is 22.4 Å². The Morgan fingerprint density at radius 2 is 2.03 bits per heavy atom. The molecule has 1 N–H and O–H groups in total. The zero-order chi connectivity index (χ0) is 20.9. The highest BCUT2D eigenvalue weighted by Crippen LogP contribution is 2.38. The second-order valence-corrected chi connectivity index (χ2v) is 8.93. The zero-order valence-electron chi connectivity index (χ0n) is 16.5. The molecular formula is C20H21N5O3S2. The number of carbonyl (C=O) groups excluding carboxylic acids is 2. The van der Waals surface area contributed by atoms with E-state index in [2.05, 4.69) is 20.8 Å². The number of carbonyl (C=O) groups is 2. The minimum absolute atomic E-state index is 0.148. The second kappa shape index (κ2) is 9.40. The van der Waals surface area contributed by atoms with Crippen LogP contribution in [0.4, 0.5) is 5.00 Å².